The molecule has 1 aliphatic carbocycles. The van der Waals surface area contributed by atoms with E-state index in [4.69, 9.17) is 10.5 Å². The molecule has 0 bridgehead atoms. The minimum absolute atomic E-state index is 0.0713. The van der Waals surface area contributed by atoms with Crippen molar-refractivity contribution in [2.75, 3.05) is 6.54 Å². The van der Waals surface area contributed by atoms with Crippen molar-refractivity contribution >= 4 is 5.97 Å². The predicted octanol–water partition coefficient (Wildman–Crippen LogP) is 1.70. The maximum Gasteiger partial charge on any atom is 0.306 e. The van der Waals surface area contributed by atoms with Crippen molar-refractivity contribution in [3.8, 4) is 0 Å². The van der Waals surface area contributed by atoms with Gasteiger partial charge in [-0.1, -0.05) is 0 Å². The molecule has 0 heterocycles. The topological polar surface area (TPSA) is 52.3 Å². The summed E-state index contributed by atoms with van der Waals surface area (Å²) in [5.74, 6) is 1.08. The van der Waals surface area contributed by atoms with Crippen molar-refractivity contribution in [3.05, 3.63) is 0 Å². The van der Waals surface area contributed by atoms with Gasteiger partial charge < -0.3 is 10.5 Å². The van der Waals surface area contributed by atoms with Gasteiger partial charge in [-0.2, -0.15) is 0 Å². The maximum atomic E-state index is 11.4. The predicted molar refractivity (Wildman–Crippen MR) is 55.7 cm³/mol. The number of esters is 1. The molecule has 0 spiro atoms. The highest BCUT2D eigenvalue weighted by molar-refractivity contribution is 5.70. The molecule has 0 unspecified atom stereocenters. The van der Waals surface area contributed by atoms with E-state index >= 15 is 0 Å². The molecule has 0 aromatic carbocycles. The zero-order valence-electron chi connectivity index (χ0n) is 9.38. The molecule has 3 heteroatoms. The first-order chi connectivity index (χ1) is 6.40. The van der Waals surface area contributed by atoms with Crippen molar-refractivity contribution in [2.24, 2.45) is 17.6 Å². The first kappa shape index (κ1) is 11.5. The van der Waals surface area contributed by atoms with E-state index in [2.05, 4.69) is 0 Å². The van der Waals surface area contributed by atoms with Gasteiger partial charge in [0.15, 0.2) is 0 Å². The van der Waals surface area contributed by atoms with Gasteiger partial charge in [-0.25, -0.2) is 0 Å². The number of nitrogens with two attached hydrogens (primary N) is 1. The molecule has 14 heavy (non-hydrogen) atoms. The second kappa shape index (κ2) is 4.30. The molecule has 2 N–H and O–H groups in total. The van der Waals surface area contributed by atoms with Crippen LogP contribution in [-0.2, 0) is 9.53 Å². The summed E-state index contributed by atoms with van der Waals surface area (Å²) in [6.07, 6.45) is 2.75. The molecular weight excluding hydrogens is 178 g/mol. The van der Waals surface area contributed by atoms with Crippen LogP contribution in [0.5, 0.6) is 0 Å². The number of ether oxygens (including phenoxy) is 1. The van der Waals surface area contributed by atoms with Crippen LogP contribution in [0.15, 0.2) is 0 Å². The Balaban J connectivity index is 2.17. The van der Waals surface area contributed by atoms with Gasteiger partial charge in [0.05, 0.1) is 0 Å². The van der Waals surface area contributed by atoms with Gasteiger partial charge >= 0.3 is 5.97 Å². The Hall–Kier alpha value is -0.570. The molecule has 1 saturated carbocycles. The molecule has 0 atom stereocenters. The number of carbonyl (C=O) groups excluding carboxylic acids is 1. The molecule has 3 nitrogen and oxygen atoms in total. The van der Waals surface area contributed by atoms with E-state index in [0.717, 1.165) is 19.4 Å². The van der Waals surface area contributed by atoms with E-state index in [0.29, 0.717) is 18.3 Å². The first-order valence-electron chi connectivity index (χ1n) is 5.32. The Morgan fingerprint density at radius 2 is 1.93 bits per heavy atom. The van der Waals surface area contributed by atoms with Gasteiger partial charge in [0.1, 0.15) is 5.60 Å². The fraction of sp³-hybridized carbons (Fsp3) is 0.909. The average molecular weight is 199 g/mol. The van der Waals surface area contributed by atoms with Gasteiger partial charge in [0.25, 0.3) is 0 Å². The minimum atomic E-state index is -0.353. The van der Waals surface area contributed by atoms with Crippen LogP contribution in [-0.4, -0.2) is 18.1 Å². The Kier molecular flexibility index (Phi) is 3.53. The molecule has 1 rings (SSSR count). The highest BCUT2D eigenvalue weighted by Crippen LogP contribution is 2.35. The van der Waals surface area contributed by atoms with Crippen LogP contribution in [0, 0.1) is 11.8 Å². The van der Waals surface area contributed by atoms with Gasteiger partial charge in [-0.3, -0.25) is 4.79 Å². The lowest BCUT2D eigenvalue weighted by molar-refractivity contribution is -0.157. The molecule has 0 aromatic rings. The van der Waals surface area contributed by atoms with E-state index < -0.39 is 0 Å². The number of hydrogen-bond donors (Lipinski definition) is 1. The quantitative estimate of drug-likeness (QED) is 0.704. The van der Waals surface area contributed by atoms with Crippen LogP contribution in [0.3, 0.4) is 0 Å². The third kappa shape index (κ3) is 3.66. The summed E-state index contributed by atoms with van der Waals surface area (Å²) < 4.78 is 5.24. The lowest BCUT2D eigenvalue weighted by Gasteiger charge is -2.34. The van der Waals surface area contributed by atoms with Crippen LogP contribution < -0.4 is 5.73 Å². The molecule has 1 fully saturated rings. The lowest BCUT2D eigenvalue weighted by atomic mass is 9.73. The van der Waals surface area contributed by atoms with Gasteiger partial charge in [0, 0.05) is 6.42 Å². The third-order valence-electron chi connectivity index (χ3n) is 2.54. The zero-order valence-corrected chi connectivity index (χ0v) is 9.38. The van der Waals surface area contributed by atoms with E-state index in [1.807, 2.05) is 20.8 Å². The van der Waals surface area contributed by atoms with Crippen molar-refractivity contribution in [3.63, 3.8) is 0 Å². The summed E-state index contributed by atoms with van der Waals surface area (Å²) in [7, 11) is 0. The Morgan fingerprint density at radius 3 is 2.36 bits per heavy atom. The van der Waals surface area contributed by atoms with Crippen LogP contribution >= 0.6 is 0 Å². The van der Waals surface area contributed by atoms with Crippen LogP contribution in [0.2, 0.25) is 0 Å². The number of carbonyl (C=O) groups is 1. The minimum Gasteiger partial charge on any atom is -0.460 e. The highest BCUT2D eigenvalue weighted by Gasteiger charge is 2.30. The summed E-state index contributed by atoms with van der Waals surface area (Å²) in [6, 6.07) is 0. The van der Waals surface area contributed by atoms with Crippen molar-refractivity contribution in [1.82, 2.24) is 0 Å². The van der Waals surface area contributed by atoms with Crippen LogP contribution in [0.4, 0.5) is 0 Å². The van der Waals surface area contributed by atoms with Crippen molar-refractivity contribution in [2.45, 2.75) is 45.6 Å². The highest BCUT2D eigenvalue weighted by atomic mass is 16.6. The lowest BCUT2D eigenvalue weighted by Crippen LogP contribution is -2.33. The summed E-state index contributed by atoms with van der Waals surface area (Å²) in [6.45, 7) is 6.45. The standard InChI is InChI=1S/C11H21NO2/c1-11(2,3)14-10(13)6-8-4-9(5-8)7-12/h8-9H,4-7,12H2,1-3H3. The second-order valence-corrected chi connectivity index (χ2v) is 5.23. The smallest absolute Gasteiger partial charge is 0.306 e. The summed E-state index contributed by atoms with van der Waals surface area (Å²) in [5.41, 5.74) is 5.16. The Morgan fingerprint density at radius 1 is 1.36 bits per heavy atom. The molecule has 0 amide bonds. The molecule has 0 aliphatic heterocycles. The summed E-state index contributed by atoms with van der Waals surface area (Å²) in [5, 5.41) is 0. The largest absolute Gasteiger partial charge is 0.460 e. The molecule has 0 saturated heterocycles. The van der Waals surface area contributed by atoms with Gasteiger partial charge in [-0.15, -0.1) is 0 Å². The molecule has 0 aromatic heterocycles. The average Bonchev–Trinajstić information content (AvgIpc) is 1.91. The first-order valence-corrected chi connectivity index (χ1v) is 5.32. The monoisotopic (exact) mass is 199 g/mol. The fourth-order valence-corrected chi connectivity index (χ4v) is 1.85. The number of hydrogen-bond acceptors (Lipinski definition) is 3. The fourth-order valence-electron chi connectivity index (χ4n) is 1.85. The van der Waals surface area contributed by atoms with Gasteiger partial charge in [0.2, 0.25) is 0 Å². The van der Waals surface area contributed by atoms with Crippen LogP contribution in [0.25, 0.3) is 0 Å². The Labute approximate surface area is 86.0 Å². The van der Waals surface area contributed by atoms with E-state index in [9.17, 15) is 4.79 Å². The summed E-state index contributed by atoms with van der Waals surface area (Å²) >= 11 is 0. The SMILES string of the molecule is CC(C)(C)OC(=O)CC1CC(CN)C1. The van der Waals surface area contributed by atoms with Crippen molar-refractivity contribution < 1.29 is 9.53 Å². The van der Waals surface area contributed by atoms with E-state index in [1.54, 1.807) is 0 Å². The van der Waals surface area contributed by atoms with Gasteiger partial charge in [-0.05, 0) is 52.0 Å². The summed E-state index contributed by atoms with van der Waals surface area (Å²) in [4.78, 5) is 11.4. The van der Waals surface area contributed by atoms with Crippen molar-refractivity contribution in [1.29, 1.82) is 0 Å². The van der Waals surface area contributed by atoms with Crippen LogP contribution in [0.1, 0.15) is 40.0 Å². The molecule has 1 aliphatic rings. The molecule has 0 radical (unpaired) electrons. The third-order valence-corrected chi connectivity index (χ3v) is 2.54. The molecule has 82 valence electrons. The molecular formula is C11H21NO2. The second-order valence-electron chi connectivity index (χ2n) is 5.23. The van der Waals surface area contributed by atoms with E-state index in [1.165, 1.54) is 0 Å². The normalized spacial score (nSPS) is 26.9. The van der Waals surface area contributed by atoms with E-state index in [-0.39, 0.29) is 11.6 Å². The Bertz CT molecular complexity index is 202. The zero-order chi connectivity index (χ0) is 10.8. The number of rotatable bonds is 3. The maximum absolute atomic E-state index is 11.4.